The highest BCUT2D eigenvalue weighted by Gasteiger charge is 2.03. The molecule has 5 nitrogen and oxygen atoms in total. The molecule has 0 aliphatic carbocycles. The molecule has 0 bridgehead atoms. The summed E-state index contributed by atoms with van der Waals surface area (Å²) in [5.41, 5.74) is 0. The van der Waals surface area contributed by atoms with Crippen LogP contribution in [0.2, 0.25) is 0 Å². The minimum atomic E-state index is -0.115. The van der Waals surface area contributed by atoms with Gasteiger partial charge in [0.25, 0.3) is 0 Å². The average Bonchev–Trinajstić information content (AvgIpc) is 2.31. The Morgan fingerprint density at radius 3 is 2.06 bits per heavy atom. The summed E-state index contributed by atoms with van der Waals surface area (Å²) in [5.74, 6) is 0.875. The van der Waals surface area contributed by atoms with Crippen LogP contribution in [0.25, 0.3) is 0 Å². The molecule has 0 aromatic carbocycles. The summed E-state index contributed by atoms with van der Waals surface area (Å²) in [6.45, 7) is 0.837. The summed E-state index contributed by atoms with van der Waals surface area (Å²) in [7, 11) is 9.41. The van der Waals surface area contributed by atoms with Crippen LogP contribution in [-0.2, 0) is 9.53 Å². The van der Waals surface area contributed by atoms with E-state index in [9.17, 15) is 4.79 Å². The Kier molecular flexibility index (Phi) is 9.06. The quantitative estimate of drug-likeness (QED) is 0.301. The molecule has 0 aromatic heterocycles. The molecule has 0 radical (unpaired) electrons. The van der Waals surface area contributed by atoms with E-state index in [0.29, 0.717) is 6.42 Å². The number of guanidine groups is 1. The van der Waals surface area contributed by atoms with Gasteiger partial charge in [-0.3, -0.25) is 9.79 Å². The predicted molar refractivity (Wildman–Crippen MR) is 74.8 cm³/mol. The number of unbranched alkanes of at least 4 members (excludes halogenated alkanes) is 3. The molecule has 0 spiro atoms. The number of esters is 1. The Labute approximate surface area is 111 Å². The van der Waals surface area contributed by atoms with Crippen molar-refractivity contribution in [1.82, 2.24) is 9.80 Å². The van der Waals surface area contributed by atoms with Crippen LogP contribution in [0.15, 0.2) is 4.99 Å². The monoisotopic (exact) mass is 257 g/mol. The lowest BCUT2D eigenvalue weighted by atomic mass is 10.1. The van der Waals surface area contributed by atoms with Gasteiger partial charge in [-0.1, -0.05) is 12.8 Å². The molecule has 106 valence electrons. The molecule has 0 rings (SSSR count). The smallest absolute Gasteiger partial charge is 0.305 e. The summed E-state index contributed by atoms with van der Waals surface area (Å²) in [6, 6.07) is 0. The van der Waals surface area contributed by atoms with Crippen LogP contribution in [0.3, 0.4) is 0 Å². The third-order valence-corrected chi connectivity index (χ3v) is 2.57. The van der Waals surface area contributed by atoms with Crippen LogP contribution in [0.5, 0.6) is 0 Å². The lowest BCUT2D eigenvalue weighted by molar-refractivity contribution is -0.140. The third-order valence-electron chi connectivity index (χ3n) is 2.57. The number of rotatable bonds is 7. The molecule has 18 heavy (non-hydrogen) atoms. The fraction of sp³-hybridized carbons (Fsp3) is 0.846. The molecule has 0 aliphatic rings. The Morgan fingerprint density at radius 2 is 1.56 bits per heavy atom. The van der Waals surface area contributed by atoms with Crippen LogP contribution in [-0.4, -0.2) is 63.6 Å². The highest BCUT2D eigenvalue weighted by Crippen LogP contribution is 2.04. The molecule has 0 heterocycles. The molecular weight excluding hydrogens is 230 g/mol. The minimum absolute atomic E-state index is 0.115. The maximum Gasteiger partial charge on any atom is 0.305 e. The van der Waals surface area contributed by atoms with Crippen LogP contribution in [0.4, 0.5) is 0 Å². The summed E-state index contributed by atoms with van der Waals surface area (Å²) in [6.07, 6.45) is 4.66. The zero-order valence-corrected chi connectivity index (χ0v) is 12.4. The second-order valence-corrected chi connectivity index (χ2v) is 4.71. The van der Waals surface area contributed by atoms with Gasteiger partial charge in [-0.25, -0.2) is 0 Å². The first-order valence-corrected chi connectivity index (χ1v) is 6.45. The molecule has 0 fully saturated rings. The molecule has 0 aromatic rings. The Hall–Kier alpha value is -1.26. The van der Waals surface area contributed by atoms with E-state index >= 15 is 0 Å². The van der Waals surface area contributed by atoms with E-state index in [1.54, 1.807) is 0 Å². The first kappa shape index (κ1) is 16.7. The number of carbonyl (C=O) groups excluding carboxylic acids is 1. The van der Waals surface area contributed by atoms with E-state index in [1.165, 1.54) is 7.11 Å². The number of aliphatic imine (C=N–C) groups is 1. The summed E-state index contributed by atoms with van der Waals surface area (Å²) in [4.78, 5) is 19.5. The van der Waals surface area contributed by atoms with Crippen LogP contribution in [0, 0.1) is 0 Å². The Morgan fingerprint density at radius 1 is 1.00 bits per heavy atom. The van der Waals surface area contributed by atoms with E-state index < -0.39 is 0 Å². The van der Waals surface area contributed by atoms with Crippen molar-refractivity contribution in [2.45, 2.75) is 32.1 Å². The van der Waals surface area contributed by atoms with E-state index in [-0.39, 0.29) is 5.97 Å². The highest BCUT2D eigenvalue weighted by molar-refractivity contribution is 5.79. The average molecular weight is 257 g/mol. The Bertz CT molecular complexity index is 253. The van der Waals surface area contributed by atoms with E-state index in [2.05, 4.69) is 9.73 Å². The van der Waals surface area contributed by atoms with E-state index in [4.69, 9.17) is 0 Å². The zero-order valence-electron chi connectivity index (χ0n) is 12.4. The molecule has 0 N–H and O–H groups in total. The van der Waals surface area contributed by atoms with Crippen molar-refractivity contribution < 1.29 is 9.53 Å². The van der Waals surface area contributed by atoms with Gasteiger partial charge in [0.1, 0.15) is 0 Å². The number of carbonyl (C=O) groups is 1. The molecule has 0 saturated heterocycles. The SMILES string of the molecule is COC(=O)CCCCCCN=C(N(C)C)N(C)C. The van der Waals surface area contributed by atoms with Crippen LogP contribution >= 0.6 is 0 Å². The predicted octanol–water partition coefficient (Wildman–Crippen LogP) is 1.59. The largest absolute Gasteiger partial charge is 0.469 e. The molecular formula is C13H27N3O2. The van der Waals surface area contributed by atoms with Gasteiger partial charge < -0.3 is 14.5 Å². The maximum atomic E-state index is 10.9. The molecule has 0 aliphatic heterocycles. The van der Waals surface area contributed by atoms with Gasteiger partial charge >= 0.3 is 5.97 Å². The van der Waals surface area contributed by atoms with Crippen molar-refractivity contribution >= 4 is 11.9 Å². The standard InChI is InChI=1S/C13H27N3O2/c1-15(2)13(16(3)4)14-11-9-7-6-8-10-12(17)18-5/h6-11H2,1-5H3. The van der Waals surface area contributed by atoms with Crippen molar-refractivity contribution in [3.05, 3.63) is 0 Å². The van der Waals surface area contributed by atoms with Gasteiger partial charge in [0.05, 0.1) is 7.11 Å². The van der Waals surface area contributed by atoms with Crippen molar-refractivity contribution in [1.29, 1.82) is 0 Å². The maximum absolute atomic E-state index is 10.9. The molecule has 0 unspecified atom stereocenters. The number of hydrogen-bond acceptors (Lipinski definition) is 3. The van der Waals surface area contributed by atoms with E-state index in [1.807, 2.05) is 38.0 Å². The number of nitrogens with zero attached hydrogens (tertiary/aromatic N) is 3. The zero-order chi connectivity index (χ0) is 14.0. The fourth-order valence-corrected chi connectivity index (χ4v) is 1.70. The van der Waals surface area contributed by atoms with Crippen molar-refractivity contribution in [3.8, 4) is 0 Å². The second kappa shape index (κ2) is 9.74. The van der Waals surface area contributed by atoms with Crippen LogP contribution in [0.1, 0.15) is 32.1 Å². The summed E-state index contributed by atoms with van der Waals surface area (Å²) >= 11 is 0. The number of methoxy groups -OCH3 is 1. The molecule has 0 saturated carbocycles. The molecule has 5 heteroatoms. The lowest BCUT2D eigenvalue weighted by Crippen LogP contribution is -2.35. The van der Waals surface area contributed by atoms with Crippen molar-refractivity contribution in [2.24, 2.45) is 4.99 Å². The number of ether oxygens (including phenoxy) is 1. The van der Waals surface area contributed by atoms with Gasteiger partial charge in [-0.05, 0) is 12.8 Å². The molecule has 0 amide bonds. The molecule has 0 atom stereocenters. The van der Waals surface area contributed by atoms with Crippen molar-refractivity contribution in [3.63, 3.8) is 0 Å². The second-order valence-electron chi connectivity index (χ2n) is 4.71. The first-order chi connectivity index (χ1) is 8.49. The fourth-order valence-electron chi connectivity index (χ4n) is 1.70. The van der Waals surface area contributed by atoms with Gasteiger partial charge in [0.2, 0.25) is 0 Å². The third kappa shape index (κ3) is 7.92. The van der Waals surface area contributed by atoms with Crippen molar-refractivity contribution in [2.75, 3.05) is 41.8 Å². The van der Waals surface area contributed by atoms with Gasteiger partial charge in [-0.2, -0.15) is 0 Å². The van der Waals surface area contributed by atoms with Gasteiger partial charge in [-0.15, -0.1) is 0 Å². The van der Waals surface area contributed by atoms with Gasteiger partial charge in [0.15, 0.2) is 5.96 Å². The Balaban J connectivity index is 3.66. The normalized spacial score (nSPS) is 9.83. The van der Waals surface area contributed by atoms with Crippen LogP contribution < -0.4 is 0 Å². The minimum Gasteiger partial charge on any atom is -0.469 e. The number of hydrogen-bond donors (Lipinski definition) is 0. The lowest BCUT2D eigenvalue weighted by Gasteiger charge is -2.22. The highest BCUT2D eigenvalue weighted by atomic mass is 16.5. The summed E-state index contributed by atoms with van der Waals surface area (Å²) in [5, 5.41) is 0. The van der Waals surface area contributed by atoms with E-state index in [0.717, 1.165) is 38.2 Å². The topological polar surface area (TPSA) is 45.1 Å². The van der Waals surface area contributed by atoms with Gasteiger partial charge in [0, 0.05) is 41.2 Å². The summed E-state index contributed by atoms with van der Waals surface area (Å²) < 4.78 is 4.59. The first-order valence-electron chi connectivity index (χ1n) is 6.45.